The molecule has 0 radical (unpaired) electrons. The number of carbonyl (C=O) groups excluding carboxylic acids is 1. The third-order valence-corrected chi connectivity index (χ3v) is 6.69. The number of aliphatic hydroxyl groups is 1. The second kappa shape index (κ2) is 10.9. The molecule has 9 heteroatoms. The van der Waals surface area contributed by atoms with Crippen LogP contribution in [0.25, 0.3) is 0 Å². The van der Waals surface area contributed by atoms with E-state index in [1.807, 2.05) is 0 Å². The molecule has 2 aromatic carbocycles. The summed E-state index contributed by atoms with van der Waals surface area (Å²) >= 11 is 6.02. The topological polar surface area (TPSA) is 75.6 Å². The van der Waals surface area contributed by atoms with Gasteiger partial charge in [-0.15, -0.1) is 0 Å². The Morgan fingerprint density at radius 2 is 1.86 bits per heavy atom. The molecule has 0 spiro atoms. The molecule has 1 amide bonds. The van der Waals surface area contributed by atoms with E-state index in [0.29, 0.717) is 48.1 Å². The van der Waals surface area contributed by atoms with Crippen molar-refractivity contribution in [3.8, 4) is 5.75 Å². The van der Waals surface area contributed by atoms with Gasteiger partial charge in [0.1, 0.15) is 35.4 Å². The van der Waals surface area contributed by atoms with Gasteiger partial charge in [0, 0.05) is 41.4 Å². The molecule has 0 saturated carbocycles. The van der Waals surface area contributed by atoms with Gasteiger partial charge in [-0.3, -0.25) is 4.79 Å². The van der Waals surface area contributed by atoms with E-state index in [9.17, 15) is 18.7 Å². The van der Waals surface area contributed by atoms with E-state index in [4.69, 9.17) is 16.3 Å². The molecule has 1 aliphatic heterocycles. The fourth-order valence-electron chi connectivity index (χ4n) is 4.44. The SMILES string of the molecule is Cc1ncc(C(C)(O)COc2cccc(Cl)c2)c(C2CCN(C(=O)Cc3c(F)cccc3F)CC2)n1. The highest BCUT2D eigenvalue weighted by Gasteiger charge is 2.34. The second-order valence-electron chi connectivity index (χ2n) is 9.27. The average Bonchev–Trinajstić information content (AvgIpc) is 2.85. The lowest BCUT2D eigenvalue weighted by molar-refractivity contribution is -0.131. The quantitative estimate of drug-likeness (QED) is 0.482. The van der Waals surface area contributed by atoms with E-state index < -0.39 is 17.2 Å². The van der Waals surface area contributed by atoms with Gasteiger partial charge in [-0.25, -0.2) is 18.7 Å². The number of amides is 1. The molecule has 1 saturated heterocycles. The molecular formula is C27H28ClF2N3O3. The van der Waals surface area contributed by atoms with Crippen LogP contribution in [0.15, 0.2) is 48.7 Å². The molecule has 1 atom stereocenters. The number of hydrogen-bond acceptors (Lipinski definition) is 5. The minimum atomic E-state index is -1.37. The first-order valence-corrected chi connectivity index (χ1v) is 12.2. The first kappa shape index (κ1) is 26.0. The summed E-state index contributed by atoms with van der Waals surface area (Å²) < 4.78 is 33.8. The third-order valence-electron chi connectivity index (χ3n) is 6.46. The van der Waals surface area contributed by atoms with Gasteiger partial charge >= 0.3 is 0 Å². The van der Waals surface area contributed by atoms with Gasteiger partial charge in [-0.1, -0.05) is 23.7 Å². The average molecular weight is 516 g/mol. The molecular weight excluding hydrogens is 488 g/mol. The zero-order valence-electron chi connectivity index (χ0n) is 20.2. The maximum atomic E-state index is 14.0. The minimum absolute atomic E-state index is 0.0198. The lowest BCUT2D eigenvalue weighted by atomic mass is 9.85. The van der Waals surface area contributed by atoms with Crippen LogP contribution in [0.5, 0.6) is 5.75 Å². The standard InChI is InChI=1S/C27H28ClF2N3O3/c1-17-31-15-22(27(2,35)16-36-20-6-3-5-19(28)13-20)26(32-17)18-9-11-33(12-10-18)25(34)14-21-23(29)7-4-8-24(21)30/h3-8,13,15,18,35H,9-12,14,16H2,1-2H3. The van der Waals surface area contributed by atoms with E-state index in [1.54, 1.807) is 49.2 Å². The summed E-state index contributed by atoms with van der Waals surface area (Å²) in [4.78, 5) is 23.3. The van der Waals surface area contributed by atoms with Crippen LogP contribution < -0.4 is 4.74 Å². The van der Waals surface area contributed by atoms with Gasteiger partial charge in [0.2, 0.25) is 5.91 Å². The van der Waals surface area contributed by atoms with Crippen molar-refractivity contribution in [1.29, 1.82) is 0 Å². The van der Waals surface area contributed by atoms with Crippen molar-refractivity contribution in [2.45, 2.75) is 44.6 Å². The summed E-state index contributed by atoms with van der Waals surface area (Å²) in [5.41, 5.74) is -0.308. The monoisotopic (exact) mass is 515 g/mol. The van der Waals surface area contributed by atoms with E-state index in [-0.39, 0.29) is 30.4 Å². The van der Waals surface area contributed by atoms with E-state index in [1.165, 1.54) is 6.07 Å². The number of halogens is 3. The summed E-state index contributed by atoms with van der Waals surface area (Å²) in [6.45, 7) is 4.24. The molecule has 1 N–H and O–H groups in total. The zero-order chi connectivity index (χ0) is 25.9. The van der Waals surface area contributed by atoms with Crippen LogP contribution in [-0.2, 0) is 16.8 Å². The van der Waals surface area contributed by atoms with Gasteiger partial charge in [-0.05, 0) is 57.0 Å². The first-order valence-electron chi connectivity index (χ1n) is 11.8. The Bertz CT molecular complexity index is 1230. The van der Waals surface area contributed by atoms with Gasteiger partial charge in [0.15, 0.2) is 0 Å². The molecule has 2 heterocycles. The van der Waals surface area contributed by atoms with Crippen LogP contribution in [0.1, 0.15) is 48.3 Å². The minimum Gasteiger partial charge on any atom is -0.490 e. The van der Waals surface area contributed by atoms with E-state index in [0.717, 1.165) is 17.8 Å². The summed E-state index contributed by atoms with van der Waals surface area (Å²) in [6.07, 6.45) is 2.49. The number of benzene rings is 2. The summed E-state index contributed by atoms with van der Waals surface area (Å²) in [5, 5.41) is 11.8. The zero-order valence-corrected chi connectivity index (χ0v) is 20.9. The van der Waals surface area contributed by atoms with Crippen LogP contribution in [-0.4, -0.2) is 45.6 Å². The normalized spacial score (nSPS) is 16.0. The van der Waals surface area contributed by atoms with Crippen LogP contribution >= 0.6 is 11.6 Å². The van der Waals surface area contributed by atoms with Crippen LogP contribution in [0.3, 0.4) is 0 Å². The van der Waals surface area contributed by atoms with E-state index >= 15 is 0 Å². The molecule has 190 valence electrons. The Morgan fingerprint density at radius 1 is 1.19 bits per heavy atom. The number of hydrogen-bond donors (Lipinski definition) is 1. The maximum Gasteiger partial charge on any atom is 0.227 e. The lowest BCUT2D eigenvalue weighted by Gasteiger charge is -2.34. The summed E-state index contributed by atoms with van der Waals surface area (Å²) in [6, 6.07) is 10.5. The van der Waals surface area contributed by atoms with E-state index in [2.05, 4.69) is 9.97 Å². The Kier molecular flexibility index (Phi) is 7.85. The number of aromatic nitrogens is 2. The van der Waals surface area contributed by atoms with Crippen molar-refractivity contribution in [2.24, 2.45) is 0 Å². The highest BCUT2D eigenvalue weighted by molar-refractivity contribution is 6.30. The number of rotatable bonds is 7. The van der Waals surface area contributed by atoms with Gasteiger partial charge < -0.3 is 14.7 Å². The smallest absolute Gasteiger partial charge is 0.227 e. The van der Waals surface area contributed by atoms with Gasteiger partial charge in [0.25, 0.3) is 0 Å². The number of piperidine rings is 1. The van der Waals surface area contributed by atoms with Crippen molar-refractivity contribution in [1.82, 2.24) is 14.9 Å². The van der Waals surface area contributed by atoms with Crippen molar-refractivity contribution in [2.75, 3.05) is 19.7 Å². The fourth-order valence-corrected chi connectivity index (χ4v) is 4.62. The molecule has 3 aromatic rings. The summed E-state index contributed by atoms with van der Waals surface area (Å²) in [7, 11) is 0. The molecule has 1 aliphatic rings. The predicted molar refractivity (Wildman–Crippen MR) is 132 cm³/mol. The fraction of sp³-hybridized carbons (Fsp3) is 0.370. The number of aryl methyl sites for hydroxylation is 1. The van der Waals surface area contributed by atoms with Gasteiger partial charge in [-0.2, -0.15) is 0 Å². The number of ether oxygens (including phenoxy) is 1. The number of nitrogens with zero attached hydrogens (tertiary/aromatic N) is 3. The molecule has 36 heavy (non-hydrogen) atoms. The molecule has 0 aliphatic carbocycles. The van der Waals surface area contributed by atoms with Crippen molar-refractivity contribution in [3.05, 3.63) is 88.0 Å². The Balaban J connectivity index is 1.45. The molecule has 1 fully saturated rings. The second-order valence-corrected chi connectivity index (χ2v) is 9.70. The molecule has 1 unspecified atom stereocenters. The molecule has 1 aromatic heterocycles. The number of likely N-dealkylation sites (tertiary alicyclic amines) is 1. The largest absolute Gasteiger partial charge is 0.490 e. The van der Waals surface area contributed by atoms with Crippen molar-refractivity contribution >= 4 is 17.5 Å². The Hall–Kier alpha value is -3.10. The Labute approximate surface area is 213 Å². The van der Waals surface area contributed by atoms with Crippen molar-refractivity contribution in [3.63, 3.8) is 0 Å². The van der Waals surface area contributed by atoms with Crippen LogP contribution in [0.2, 0.25) is 5.02 Å². The third kappa shape index (κ3) is 5.99. The predicted octanol–water partition coefficient (Wildman–Crippen LogP) is 4.95. The highest BCUT2D eigenvalue weighted by Crippen LogP contribution is 2.34. The van der Waals surface area contributed by atoms with Crippen LogP contribution in [0, 0.1) is 18.6 Å². The van der Waals surface area contributed by atoms with Crippen molar-refractivity contribution < 1.29 is 23.4 Å². The summed E-state index contributed by atoms with van der Waals surface area (Å²) in [5.74, 6) is -0.667. The Morgan fingerprint density at radius 3 is 2.53 bits per heavy atom. The molecule has 6 nitrogen and oxygen atoms in total. The first-order chi connectivity index (χ1) is 17.1. The molecule has 4 rings (SSSR count). The highest BCUT2D eigenvalue weighted by atomic mass is 35.5. The lowest BCUT2D eigenvalue weighted by Crippen LogP contribution is -2.40. The van der Waals surface area contributed by atoms with Gasteiger partial charge in [0.05, 0.1) is 12.1 Å². The van der Waals surface area contributed by atoms with Crippen LogP contribution in [0.4, 0.5) is 8.78 Å². The number of carbonyl (C=O) groups is 1. The molecule has 0 bridgehead atoms. The maximum absolute atomic E-state index is 14.0.